The molecule has 1 saturated heterocycles. The topological polar surface area (TPSA) is 40.5 Å². The van der Waals surface area contributed by atoms with Gasteiger partial charge >= 0.3 is 0 Å². The molecule has 3 nitrogen and oxygen atoms in total. The van der Waals surface area contributed by atoms with Crippen molar-refractivity contribution in [3.8, 4) is 0 Å². The average molecular weight is 115 g/mol. The molecule has 0 unspecified atom stereocenters. The highest BCUT2D eigenvalue weighted by atomic mass is 16.3. The van der Waals surface area contributed by atoms with Gasteiger partial charge in [-0.1, -0.05) is 0 Å². The molecule has 1 fully saturated rings. The molecule has 46 valence electrons. The smallest absolute Gasteiger partial charge is 0.224 e. The van der Waals surface area contributed by atoms with Gasteiger partial charge in [0.2, 0.25) is 5.91 Å². The van der Waals surface area contributed by atoms with E-state index in [-0.39, 0.29) is 18.6 Å². The van der Waals surface area contributed by atoms with Crippen LogP contribution in [0.2, 0.25) is 0 Å². The van der Waals surface area contributed by atoms with Crippen LogP contribution in [0, 0.1) is 0 Å². The molecular weight excluding hydrogens is 106 g/mol. The van der Waals surface area contributed by atoms with Gasteiger partial charge in [0.25, 0.3) is 0 Å². The van der Waals surface area contributed by atoms with Crippen LogP contribution in [0.1, 0.15) is 6.42 Å². The number of rotatable bonds is 1. The highest BCUT2D eigenvalue weighted by Gasteiger charge is 2.31. The summed E-state index contributed by atoms with van der Waals surface area (Å²) in [5.74, 6) is 0.129. The maximum absolute atomic E-state index is 10.4. The molecule has 1 aliphatic heterocycles. The Kier molecular flexibility index (Phi) is 1.21. The fraction of sp³-hybridized carbons (Fsp3) is 0.800. The van der Waals surface area contributed by atoms with Crippen molar-refractivity contribution in [3.05, 3.63) is 0 Å². The van der Waals surface area contributed by atoms with Gasteiger partial charge in [0, 0.05) is 13.5 Å². The number of hydrogen-bond donors (Lipinski definition) is 1. The van der Waals surface area contributed by atoms with Gasteiger partial charge in [0.15, 0.2) is 0 Å². The monoisotopic (exact) mass is 115 g/mol. The van der Waals surface area contributed by atoms with Gasteiger partial charge in [-0.3, -0.25) is 4.79 Å². The summed E-state index contributed by atoms with van der Waals surface area (Å²) in [5, 5.41) is 8.48. The van der Waals surface area contributed by atoms with E-state index in [1.807, 2.05) is 0 Å². The zero-order valence-electron chi connectivity index (χ0n) is 4.79. The summed E-state index contributed by atoms with van der Waals surface area (Å²) in [7, 11) is 1.70. The highest BCUT2D eigenvalue weighted by molar-refractivity contribution is 5.82. The normalized spacial score (nSPS) is 28.0. The lowest BCUT2D eigenvalue weighted by Gasteiger charge is -2.35. The third-order valence-corrected chi connectivity index (χ3v) is 1.56. The maximum atomic E-state index is 10.4. The summed E-state index contributed by atoms with van der Waals surface area (Å²) < 4.78 is 0. The molecule has 0 aromatic carbocycles. The Morgan fingerprint density at radius 2 is 2.62 bits per heavy atom. The number of carbonyl (C=O) groups excluding carboxylic acids is 1. The number of hydrogen-bond acceptors (Lipinski definition) is 2. The fourth-order valence-electron chi connectivity index (χ4n) is 0.761. The van der Waals surface area contributed by atoms with Crippen molar-refractivity contribution < 1.29 is 9.90 Å². The summed E-state index contributed by atoms with van der Waals surface area (Å²) in [6.07, 6.45) is 0.521. The van der Waals surface area contributed by atoms with E-state index in [1.165, 1.54) is 0 Å². The number of nitrogens with zero attached hydrogens (tertiary/aromatic N) is 1. The lowest BCUT2D eigenvalue weighted by atomic mass is 10.1. The summed E-state index contributed by atoms with van der Waals surface area (Å²) in [6.45, 7) is 0.0994. The molecule has 8 heavy (non-hydrogen) atoms. The molecule has 0 aliphatic carbocycles. The molecule has 3 heteroatoms. The van der Waals surface area contributed by atoms with Crippen LogP contribution >= 0.6 is 0 Å². The third kappa shape index (κ3) is 0.591. The van der Waals surface area contributed by atoms with Crippen LogP contribution in [0.3, 0.4) is 0 Å². The van der Waals surface area contributed by atoms with E-state index >= 15 is 0 Å². The number of likely N-dealkylation sites (tertiary alicyclic amines) is 1. The van der Waals surface area contributed by atoms with Crippen LogP contribution in [-0.4, -0.2) is 35.6 Å². The maximum Gasteiger partial charge on any atom is 0.224 e. The number of aliphatic hydroxyl groups excluding tert-OH is 1. The Balaban J connectivity index is 2.35. The predicted molar refractivity (Wildman–Crippen MR) is 28.3 cm³/mol. The van der Waals surface area contributed by atoms with Crippen LogP contribution in [0.4, 0.5) is 0 Å². The summed E-state index contributed by atoms with van der Waals surface area (Å²) in [5.41, 5.74) is 0. The first-order chi connectivity index (χ1) is 3.75. The average Bonchev–Trinajstić information content (AvgIpc) is 1.81. The Morgan fingerprint density at radius 1 is 2.00 bits per heavy atom. The number of β-lactam (4-membered cyclic amide) rings is 1. The number of aliphatic hydroxyl groups is 1. The zero-order chi connectivity index (χ0) is 6.15. The summed E-state index contributed by atoms with van der Waals surface area (Å²) >= 11 is 0. The van der Waals surface area contributed by atoms with E-state index in [2.05, 4.69) is 0 Å². The van der Waals surface area contributed by atoms with Gasteiger partial charge in [0.05, 0.1) is 12.6 Å². The lowest BCUT2D eigenvalue weighted by Crippen LogP contribution is -2.51. The number of likely N-dealkylation sites (N-methyl/N-ethyl adjacent to an activating group) is 1. The quantitative estimate of drug-likeness (QED) is 0.455. The Labute approximate surface area is 47.9 Å². The fourth-order valence-corrected chi connectivity index (χ4v) is 0.761. The van der Waals surface area contributed by atoms with Crippen molar-refractivity contribution in [1.29, 1.82) is 0 Å². The summed E-state index contributed by atoms with van der Waals surface area (Å²) in [4.78, 5) is 12.0. The molecule has 0 aromatic rings. The highest BCUT2D eigenvalue weighted by Crippen LogP contribution is 2.14. The molecule has 1 aliphatic rings. The van der Waals surface area contributed by atoms with E-state index in [1.54, 1.807) is 11.9 Å². The van der Waals surface area contributed by atoms with Crippen molar-refractivity contribution in [1.82, 2.24) is 4.90 Å². The summed E-state index contributed by atoms with van der Waals surface area (Å²) in [6, 6.07) is 0.0995. The minimum Gasteiger partial charge on any atom is -0.394 e. The van der Waals surface area contributed by atoms with Gasteiger partial charge in [-0.2, -0.15) is 0 Å². The van der Waals surface area contributed by atoms with Crippen molar-refractivity contribution in [2.45, 2.75) is 12.5 Å². The third-order valence-electron chi connectivity index (χ3n) is 1.56. The van der Waals surface area contributed by atoms with Gasteiger partial charge in [-0.05, 0) is 0 Å². The van der Waals surface area contributed by atoms with E-state index in [0.717, 1.165) is 0 Å². The first kappa shape index (κ1) is 5.56. The molecule has 0 saturated carbocycles. The largest absolute Gasteiger partial charge is 0.394 e. The van der Waals surface area contributed by atoms with Crippen molar-refractivity contribution in [3.63, 3.8) is 0 Å². The number of amides is 1. The molecular formula is C5H9NO2. The van der Waals surface area contributed by atoms with E-state index in [4.69, 9.17) is 5.11 Å². The lowest BCUT2D eigenvalue weighted by molar-refractivity contribution is -0.145. The van der Waals surface area contributed by atoms with Crippen molar-refractivity contribution >= 4 is 5.91 Å². The van der Waals surface area contributed by atoms with Crippen LogP contribution in [-0.2, 0) is 4.79 Å². The Bertz CT molecular complexity index is 113. The van der Waals surface area contributed by atoms with Crippen LogP contribution in [0.25, 0.3) is 0 Å². The second-order valence-corrected chi connectivity index (χ2v) is 2.05. The van der Waals surface area contributed by atoms with E-state index < -0.39 is 0 Å². The van der Waals surface area contributed by atoms with Gasteiger partial charge < -0.3 is 10.0 Å². The zero-order valence-corrected chi connectivity index (χ0v) is 4.79. The van der Waals surface area contributed by atoms with Gasteiger partial charge in [0.1, 0.15) is 0 Å². The van der Waals surface area contributed by atoms with Crippen molar-refractivity contribution in [2.24, 2.45) is 0 Å². The minimum atomic E-state index is 0.0994. The second kappa shape index (κ2) is 1.74. The molecule has 1 heterocycles. The molecule has 1 N–H and O–H groups in total. The standard InChI is InChI=1S/C5H9NO2/c1-6-4(3-7)2-5(6)8/h4,7H,2-3H2,1H3/t4-/m0/s1. The first-order valence-corrected chi connectivity index (χ1v) is 2.62. The SMILES string of the molecule is CN1C(=O)C[C@H]1CO. The van der Waals surface area contributed by atoms with E-state index in [0.29, 0.717) is 6.42 Å². The van der Waals surface area contributed by atoms with Gasteiger partial charge in [-0.25, -0.2) is 0 Å². The molecule has 0 radical (unpaired) electrons. The first-order valence-electron chi connectivity index (χ1n) is 2.62. The molecule has 0 aromatic heterocycles. The molecule has 1 rings (SSSR count). The number of carbonyl (C=O) groups is 1. The molecule has 1 amide bonds. The Morgan fingerprint density at radius 3 is 2.75 bits per heavy atom. The van der Waals surface area contributed by atoms with E-state index in [9.17, 15) is 4.79 Å². The van der Waals surface area contributed by atoms with Crippen LogP contribution in [0.5, 0.6) is 0 Å². The second-order valence-electron chi connectivity index (χ2n) is 2.05. The molecule has 0 bridgehead atoms. The molecule has 0 spiro atoms. The van der Waals surface area contributed by atoms with Crippen LogP contribution in [0.15, 0.2) is 0 Å². The predicted octanol–water partition coefficient (Wildman–Crippen LogP) is -0.791. The minimum absolute atomic E-state index is 0.0994. The van der Waals surface area contributed by atoms with Gasteiger partial charge in [-0.15, -0.1) is 0 Å². The Hall–Kier alpha value is -0.570. The molecule has 1 atom stereocenters. The van der Waals surface area contributed by atoms with Crippen molar-refractivity contribution in [2.75, 3.05) is 13.7 Å². The van der Waals surface area contributed by atoms with Crippen LogP contribution < -0.4 is 0 Å².